The quantitative estimate of drug-likeness (QED) is 0.639. The van der Waals surface area contributed by atoms with Crippen LogP contribution in [0, 0.1) is 5.92 Å². The van der Waals surface area contributed by atoms with Crippen molar-refractivity contribution in [2.24, 2.45) is 11.7 Å². The molecule has 0 aromatic rings. The third-order valence-corrected chi connectivity index (χ3v) is 2.62. The van der Waals surface area contributed by atoms with Gasteiger partial charge in [0.1, 0.15) is 0 Å². The number of nitrogens with two attached hydrogens (primary N) is 1. The van der Waals surface area contributed by atoms with E-state index in [2.05, 4.69) is 9.64 Å². The molecule has 1 aliphatic rings. The predicted octanol–water partition coefficient (Wildman–Crippen LogP) is -0.545. The Morgan fingerprint density at radius 1 is 1.73 bits per heavy atom. The van der Waals surface area contributed by atoms with Gasteiger partial charge in [0, 0.05) is 26.2 Å². The number of carbonyl (C=O) groups excluding carboxylic acids is 1. The fourth-order valence-corrected chi connectivity index (χ4v) is 1.75. The first-order chi connectivity index (χ1) is 7.17. The lowest BCUT2D eigenvalue weighted by Crippen LogP contribution is -2.47. The second-order valence-corrected chi connectivity index (χ2v) is 3.91. The summed E-state index contributed by atoms with van der Waals surface area (Å²) >= 11 is 0. The van der Waals surface area contributed by atoms with E-state index in [4.69, 9.17) is 10.5 Å². The third kappa shape index (κ3) is 3.77. The molecule has 1 heterocycles. The molecule has 1 fully saturated rings. The van der Waals surface area contributed by atoms with Crippen molar-refractivity contribution < 1.29 is 14.3 Å². The maximum Gasteiger partial charge on any atom is 0.309 e. The van der Waals surface area contributed by atoms with Gasteiger partial charge in [-0.15, -0.1) is 0 Å². The van der Waals surface area contributed by atoms with Gasteiger partial charge in [-0.2, -0.15) is 0 Å². The zero-order valence-corrected chi connectivity index (χ0v) is 9.44. The van der Waals surface area contributed by atoms with Gasteiger partial charge in [0.05, 0.1) is 25.7 Å². The van der Waals surface area contributed by atoms with Crippen LogP contribution in [-0.2, 0) is 14.3 Å². The van der Waals surface area contributed by atoms with E-state index in [1.807, 2.05) is 6.92 Å². The molecule has 0 radical (unpaired) electrons. The number of esters is 1. The Bertz CT molecular complexity index is 211. The monoisotopic (exact) mass is 216 g/mol. The Labute approximate surface area is 90.5 Å². The maximum atomic E-state index is 11.2. The van der Waals surface area contributed by atoms with E-state index < -0.39 is 0 Å². The minimum Gasteiger partial charge on any atom is -0.469 e. The van der Waals surface area contributed by atoms with Crippen molar-refractivity contribution in [2.45, 2.75) is 13.0 Å². The second kappa shape index (κ2) is 6.05. The molecular formula is C10H20N2O3. The van der Waals surface area contributed by atoms with Crippen LogP contribution in [0.25, 0.3) is 0 Å². The number of morpholine rings is 1. The van der Waals surface area contributed by atoms with E-state index in [0.29, 0.717) is 19.7 Å². The predicted molar refractivity (Wildman–Crippen MR) is 56.4 cm³/mol. The van der Waals surface area contributed by atoms with E-state index in [1.54, 1.807) is 0 Å². The van der Waals surface area contributed by atoms with Crippen LogP contribution in [-0.4, -0.2) is 56.9 Å². The van der Waals surface area contributed by atoms with Crippen molar-refractivity contribution >= 4 is 5.97 Å². The summed E-state index contributed by atoms with van der Waals surface area (Å²) in [6.07, 6.45) is 0.101. The minimum absolute atomic E-state index is 0.0912. The number of hydrogen-bond acceptors (Lipinski definition) is 5. The minimum atomic E-state index is -0.161. The Morgan fingerprint density at radius 2 is 2.47 bits per heavy atom. The van der Waals surface area contributed by atoms with E-state index in [9.17, 15) is 4.79 Å². The molecule has 2 N–H and O–H groups in total. The number of hydrogen-bond donors (Lipinski definition) is 1. The zero-order valence-electron chi connectivity index (χ0n) is 9.44. The zero-order chi connectivity index (χ0) is 11.3. The summed E-state index contributed by atoms with van der Waals surface area (Å²) in [5, 5.41) is 0. The number of rotatable bonds is 4. The lowest BCUT2D eigenvalue weighted by Gasteiger charge is -2.33. The maximum absolute atomic E-state index is 11.2. The van der Waals surface area contributed by atoms with Crippen LogP contribution >= 0.6 is 0 Å². The molecule has 2 unspecified atom stereocenters. The Hall–Kier alpha value is -0.650. The summed E-state index contributed by atoms with van der Waals surface area (Å²) in [6.45, 7) is 5.47. The van der Waals surface area contributed by atoms with Crippen molar-refractivity contribution in [1.29, 1.82) is 0 Å². The summed E-state index contributed by atoms with van der Waals surface area (Å²) in [5.41, 5.74) is 5.54. The molecule has 0 saturated carbocycles. The van der Waals surface area contributed by atoms with Crippen molar-refractivity contribution in [1.82, 2.24) is 4.90 Å². The highest BCUT2D eigenvalue weighted by atomic mass is 16.5. The summed E-state index contributed by atoms with van der Waals surface area (Å²) in [7, 11) is 1.42. The van der Waals surface area contributed by atoms with Gasteiger partial charge in [0.15, 0.2) is 0 Å². The second-order valence-electron chi connectivity index (χ2n) is 3.91. The molecule has 0 aromatic carbocycles. The molecule has 0 bridgehead atoms. The lowest BCUT2D eigenvalue weighted by molar-refractivity contribution is -0.146. The average molecular weight is 216 g/mol. The molecule has 0 aromatic heterocycles. The first-order valence-corrected chi connectivity index (χ1v) is 5.29. The summed E-state index contributed by atoms with van der Waals surface area (Å²) in [6, 6.07) is 0. The van der Waals surface area contributed by atoms with Crippen LogP contribution in [0.15, 0.2) is 0 Å². The number of carbonyl (C=O) groups is 1. The largest absolute Gasteiger partial charge is 0.469 e. The molecule has 2 atom stereocenters. The molecule has 5 nitrogen and oxygen atoms in total. The van der Waals surface area contributed by atoms with Gasteiger partial charge < -0.3 is 15.2 Å². The highest BCUT2D eigenvalue weighted by Gasteiger charge is 2.23. The lowest BCUT2D eigenvalue weighted by atomic mass is 10.1. The average Bonchev–Trinajstić information content (AvgIpc) is 2.28. The number of ether oxygens (including phenoxy) is 2. The van der Waals surface area contributed by atoms with Crippen molar-refractivity contribution in [3.8, 4) is 0 Å². The van der Waals surface area contributed by atoms with Gasteiger partial charge in [-0.3, -0.25) is 9.69 Å². The molecule has 0 amide bonds. The summed E-state index contributed by atoms with van der Waals surface area (Å²) < 4.78 is 10.1. The van der Waals surface area contributed by atoms with Gasteiger partial charge in [-0.25, -0.2) is 0 Å². The Kier molecular flexibility index (Phi) is 5.01. The molecular weight excluding hydrogens is 196 g/mol. The molecule has 1 saturated heterocycles. The van der Waals surface area contributed by atoms with Crippen LogP contribution in [0.2, 0.25) is 0 Å². The molecule has 1 aliphatic heterocycles. The van der Waals surface area contributed by atoms with E-state index >= 15 is 0 Å². The fourth-order valence-electron chi connectivity index (χ4n) is 1.75. The van der Waals surface area contributed by atoms with Gasteiger partial charge >= 0.3 is 5.97 Å². The van der Waals surface area contributed by atoms with Crippen molar-refractivity contribution in [3.63, 3.8) is 0 Å². The highest BCUT2D eigenvalue weighted by molar-refractivity contribution is 5.72. The van der Waals surface area contributed by atoms with Gasteiger partial charge in [0.25, 0.3) is 0 Å². The first-order valence-electron chi connectivity index (χ1n) is 5.29. The topological polar surface area (TPSA) is 64.8 Å². The molecule has 0 aliphatic carbocycles. The summed E-state index contributed by atoms with van der Waals surface area (Å²) in [4.78, 5) is 13.4. The Morgan fingerprint density at radius 3 is 3.07 bits per heavy atom. The van der Waals surface area contributed by atoms with Crippen LogP contribution in [0.5, 0.6) is 0 Å². The smallest absolute Gasteiger partial charge is 0.309 e. The van der Waals surface area contributed by atoms with Gasteiger partial charge in [0.2, 0.25) is 0 Å². The molecule has 1 rings (SSSR count). The Balaban J connectivity index is 2.34. The standard InChI is InChI=1S/C10H20N2O3/c1-8(10(13)14-2)6-12-3-4-15-9(5-11)7-12/h8-9H,3-7,11H2,1-2H3. The molecule has 5 heteroatoms. The van der Waals surface area contributed by atoms with E-state index in [0.717, 1.165) is 13.1 Å². The van der Waals surface area contributed by atoms with E-state index in [-0.39, 0.29) is 18.0 Å². The van der Waals surface area contributed by atoms with Gasteiger partial charge in [-0.05, 0) is 0 Å². The van der Waals surface area contributed by atoms with Crippen LogP contribution in [0.1, 0.15) is 6.92 Å². The van der Waals surface area contributed by atoms with Crippen molar-refractivity contribution in [2.75, 3.05) is 39.9 Å². The van der Waals surface area contributed by atoms with Gasteiger partial charge in [-0.1, -0.05) is 6.92 Å². The molecule has 88 valence electrons. The number of methoxy groups -OCH3 is 1. The van der Waals surface area contributed by atoms with Crippen LogP contribution in [0.3, 0.4) is 0 Å². The van der Waals surface area contributed by atoms with Crippen LogP contribution < -0.4 is 5.73 Å². The first kappa shape index (κ1) is 12.4. The van der Waals surface area contributed by atoms with Crippen molar-refractivity contribution in [3.05, 3.63) is 0 Å². The molecule has 15 heavy (non-hydrogen) atoms. The SMILES string of the molecule is COC(=O)C(C)CN1CCOC(CN)C1. The van der Waals surface area contributed by atoms with E-state index in [1.165, 1.54) is 7.11 Å². The normalized spacial score (nSPS) is 24.9. The molecule has 0 spiro atoms. The van der Waals surface area contributed by atoms with Crippen LogP contribution in [0.4, 0.5) is 0 Å². The number of nitrogens with zero attached hydrogens (tertiary/aromatic N) is 1. The summed E-state index contributed by atoms with van der Waals surface area (Å²) in [5.74, 6) is -0.252. The fraction of sp³-hybridized carbons (Fsp3) is 0.900. The third-order valence-electron chi connectivity index (χ3n) is 2.62. The highest BCUT2D eigenvalue weighted by Crippen LogP contribution is 2.08.